The van der Waals surface area contributed by atoms with Gasteiger partial charge in [0.2, 0.25) is 0 Å². The van der Waals surface area contributed by atoms with E-state index in [4.69, 9.17) is 4.74 Å². The van der Waals surface area contributed by atoms with E-state index in [-0.39, 0.29) is 10.2 Å². The SMILES string of the molecule is COc1ccc(C(Br)c2ccccc2C(C)(C)C)cc1. The van der Waals surface area contributed by atoms with Crippen molar-refractivity contribution in [3.05, 3.63) is 65.2 Å². The van der Waals surface area contributed by atoms with Gasteiger partial charge in [0.15, 0.2) is 0 Å². The summed E-state index contributed by atoms with van der Waals surface area (Å²) in [4.78, 5) is 0.198. The second kappa shape index (κ2) is 6.01. The van der Waals surface area contributed by atoms with Crippen LogP contribution in [-0.2, 0) is 5.41 Å². The lowest BCUT2D eigenvalue weighted by Gasteiger charge is -2.25. The summed E-state index contributed by atoms with van der Waals surface area (Å²) in [6, 6.07) is 16.8. The zero-order valence-corrected chi connectivity index (χ0v) is 14.1. The van der Waals surface area contributed by atoms with Crippen LogP contribution in [0, 0.1) is 0 Å². The summed E-state index contributed by atoms with van der Waals surface area (Å²) in [7, 11) is 1.69. The van der Waals surface area contributed by atoms with E-state index in [1.54, 1.807) is 7.11 Å². The lowest BCUT2D eigenvalue weighted by atomic mass is 9.82. The number of alkyl halides is 1. The highest BCUT2D eigenvalue weighted by molar-refractivity contribution is 9.09. The Kier molecular flexibility index (Phi) is 4.54. The van der Waals surface area contributed by atoms with E-state index < -0.39 is 0 Å². The normalized spacial score (nSPS) is 13.1. The van der Waals surface area contributed by atoms with Gasteiger partial charge in [-0.3, -0.25) is 0 Å². The average molecular weight is 333 g/mol. The minimum absolute atomic E-state index is 0.134. The van der Waals surface area contributed by atoms with Crippen LogP contribution in [-0.4, -0.2) is 7.11 Å². The first-order valence-corrected chi connectivity index (χ1v) is 7.72. The van der Waals surface area contributed by atoms with Crippen molar-refractivity contribution in [3.8, 4) is 5.75 Å². The second-order valence-corrected chi connectivity index (χ2v) is 6.89. The Labute approximate surface area is 130 Å². The van der Waals surface area contributed by atoms with Crippen LogP contribution < -0.4 is 4.74 Å². The summed E-state index contributed by atoms with van der Waals surface area (Å²) in [6.07, 6.45) is 0. The Morgan fingerprint density at radius 2 is 1.55 bits per heavy atom. The lowest BCUT2D eigenvalue weighted by molar-refractivity contribution is 0.414. The molecule has 1 atom stereocenters. The summed E-state index contributed by atoms with van der Waals surface area (Å²) in [6.45, 7) is 6.75. The smallest absolute Gasteiger partial charge is 0.118 e. The van der Waals surface area contributed by atoms with Gasteiger partial charge in [-0.15, -0.1) is 0 Å². The molecule has 0 aromatic heterocycles. The average Bonchev–Trinajstić information content (AvgIpc) is 2.46. The van der Waals surface area contributed by atoms with Crippen LogP contribution in [0.25, 0.3) is 0 Å². The van der Waals surface area contributed by atoms with Crippen LogP contribution in [0.3, 0.4) is 0 Å². The number of benzene rings is 2. The summed E-state index contributed by atoms with van der Waals surface area (Å²) < 4.78 is 5.22. The summed E-state index contributed by atoms with van der Waals surface area (Å²) in [5, 5.41) is 0. The zero-order chi connectivity index (χ0) is 14.8. The van der Waals surface area contributed by atoms with Gasteiger partial charge >= 0.3 is 0 Å². The number of rotatable bonds is 3. The van der Waals surface area contributed by atoms with Crippen molar-refractivity contribution in [3.63, 3.8) is 0 Å². The van der Waals surface area contributed by atoms with E-state index in [0.717, 1.165) is 5.75 Å². The van der Waals surface area contributed by atoms with Gasteiger partial charge in [0.05, 0.1) is 11.9 Å². The van der Waals surface area contributed by atoms with Crippen molar-refractivity contribution < 1.29 is 4.74 Å². The van der Waals surface area contributed by atoms with E-state index in [1.807, 2.05) is 12.1 Å². The standard InChI is InChI=1S/C18H21BrO/c1-18(2,3)16-8-6-5-7-15(16)17(19)13-9-11-14(20-4)12-10-13/h5-12,17H,1-4H3. The van der Waals surface area contributed by atoms with Gasteiger partial charge < -0.3 is 4.74 Å². The molecule has 0 saturated carbocycles. The Hall–Kier alpha value is -1.28. The zero-order valence-electron chi connectivity index (χ0n) is 12.5. The molecular weight excluding hydrogens is 312 g/mol. The highest BCUT2D eigenvalue weighted by atomic mass is 79.9. The molecule has 2 aromatic rings. The summed E-state index contributed by atoms with van der Waals surface area (Å²) in [5.41, 5.74) is 4.07. The molecular formula is C18H21BrO. The molecule has 0 heterocycles. The van der Waals surface area contributed by atoms with Gasteiger partial charge in [-0.2, -0.15) is 0 Å². The van der Waals surface area contributed by atoms with E-state index in [0.29, 0.717) is 0 Å². The minimum atomic E-state index is 0.134. The molecule has 2 aromatic carbocycles. The molecule has 0 aliphatic heterocycles. The van der Waals surface area contributed by atoms with Crippen molar-refractivity contribution in [1.29, 1.82) is 0 Å². The first kappa shape index (κ1) is 15.1. The van der Waals surface area contributed by atoms with E-state index >= 15 is 0 Å². The fraction of sp³-hybridized carbons (Fsp3) is 0.333. The molecule has 20 heavy (non-hydrogen) atoms. The van der Waals surface area contributed by atoms with Gasteiger partial charge in [0.1, 0.15) is 5.75 Å². The van der Waals surface area contributed by atoms with Gasteiger partial charge in [0.25, 0.3) is 0 Å². The molecule has 0 aliphatic carbocycles. The molecule has 0 fully saturated rings. The Morgan fingerprint density at radius 1 is 0.950 bits per heavy atom. The number of methoxy groups -OCH3 is 1. The van der Waals surface area contributed by atoms with Crippen LogP contribution in [0.1, 0.15) is 42.3 Å². The maximum absolute atomic E-state index is 5.22. The molecule has 0 aliphatic rings. The molecule has 0 spiro atoms. The van der Waals surface area contributed by atoms with Gasteiger partial charge in [-0.05, 0) is 34.2 Å². The van der Waals surface area contributed by atoms with Crippen LogP contribution in [0.5, 0.6) is 5.75 Å². The van der Waals surface area contributed by atoms with Crippen LogP contribution >= 0.6 is 15.9 Å². The van der Waals surface area contributed by atoms with Crippen molar-refractivity contribution >= 4 is 15.9 Å². The highest BCUT2D eigenvalue weighted by Gasteiger charge is 2.21. The van der Waals surface area contributed by atoms with E-state index in [2.05, 4.69) is 73.1 Å². The molecule has 0 radical (unpaired) electrons. The van der Waals surface area contributed by atoms with Crippen LogP contribution in [0.15, 0.2) is 48.5 Å². The third-order valence-electron chi connectivity index (χ3n) is 3.45. The van der Waals surface area contributed by atoms with E-state index in [9.17, 15) is 0 Å². The second-order valence-electron chi connectivity index (χ2n) is 5.97. The lowest BCUT2D eigenvalue weighted by Crippen LogP contribution is -2.15. The fourth-order valence-corrected chi connectivity index (χ4v) is 3.06. The predicted octanol–water partition coefficient (Wildman–Crippen LogP) is 5.48. The van der Waals surface area contributed by atoms with Crippen molar-refractivity contribution in [1.82, 2.24) is 0 Å². The fourth-order valence-electron chi connectivity index (χ4n) is 2.35. The molecule has 0 amide bonds. The first-order valence-electron chi connectivity index (χ1n) is 6.81. The monoisotopic (exact) mass is 332 g/mol. The number of hydrogen-bond acceptors (Lipinski definition) is 1. The van der Waals surface area contributed by atoms with Crippen molar-refractivity contribution in [2.75, 3.05) is 7.11 Å². The predicted molar refractivity (Wildman–Crippen MR) is 88.9 cm³/mol. The molecule has 0 saturated heterocycles. The molecule has 106 valence electrons. The van der Waals surface area contributed by atoms with Gasteiger partial charge in [-0.25, -0.2) is 0 Å². The van der Waals surface area contributed by atoms with Crippen LogP contribution in [0.2, 0.25) is 0 Å². The Bertz CT molecular complexity index is 567. The largest absolute Gasteiger partial charge is 0.497 e. The first-order chi connectivity index (χ1) is 9.43. The van der Waals surface area contributed by atoms with Gasteiger partial charge in [-0.1, -0.05) is 73.1 Å². The molecule has 2 heteroatoms. The quantitative estimate of drug-likeness (QED) is 0.676. The minimum Gasteiger partial charge on any atom is -0.497 e. The molecule has 1 nitrogen and oxygen atoms in total. The van der Waals surface area contributed by atoms with Crippen molar-refractivity contribution in [2.24, 2.45) is 0 Å². The third-order valence-corrected chi connectivity index (χ3v) is 4.47. The molecule has 0 N–H and O–H groups in total. The summed E-state index contributed by atoms with van der Waals surface area (Å²) >= 11 is 3.84. The molecule has 0 bridgehead atoms. The number of halogens is 1. The number of ether oxygens (including phenoxy) is 1. The maximum Gasteiger partial charge on any atom is 0.118 e. The Morgan fingerprint density at radius 3 is 2.10 bits per heavy atom. The Balaban J connectivity index is 2.40. The topological polar surface area (TPSA) is 9.23 Å². The molecule has 1 unspecified atom stereocenters. The number of hydrogen-bond donors (Lipinski definition) is 0. The van der Waals surface area contributed by atoms with Gasteiger partial charge in [0, 0.05) is 0 Å². The summed E-state index contributed by atoms with van der Waals surface area (Å²) in [5.74, 6) is 0.887. The highest BCUT2D eigenvalue weighted by Crippen LogP contribution is 2.37. The third kappa shape index (κ3) is 3.24. The van der Waals surface area contributed by atoms with Crippen molar-refractivity contribution in [2.45, 2.75) is 31.0 Å². The maximum atomic E-state index is 5.22. The molecule has 2 rings (SSSR count). The van der Waals surface area contributed by atoms with Crippen LogP contribution in [0.4, 0.5) is 0 Å². The van der Waals surface area contributed by atoms with E-state index in [1.165, 1.54) is 16.7 Å².